The van der Waals surface area contributed by atoms with Gasteiger partial charge in [-0.2, -0.15) is 0 Å². The Balaban J connectivity index is 3.93. The lowest BCUT2D eigenvalue weighted by molar-refractivity contribution is -0.141. The van der Waals surface area contributed by atoms with E-state index < -0.39 is 5.97 Å². The quantitative estimate of drug-likeness (QED) is 0.672. The number of alkyl halides is 1. The minimum absolute atomic E-state index is 0.350. The number of halogens is 1. The van der Waals surface area contributed by atoms with Gasteiger partial charge in [-0.3, -0.25) is 4.79 Å². The minimum Gasteiger partial charge on any atom is -0.481 e. The summed E-state index contributed by atoms with van der Waals surface area (Å²) in [4.78, 5) is 10.1. The van der Waals surface area contributed by atoms with Crippen molar-refractivity contribution in [3.05, 3.63) is 0 Å². The van der Waals surface area contributed by atoms with Crippen molar-refractivity contribution in [2.75, 3.05) is 0 Å². The van der Waals surface area contributed by atoms with Crippen LogP contribution in [0, 0.1) is 5.92 Å². The van der Waals surface area contributed by atoms with Crippen molar-refractivity contribution in [1.82, 2.24) is 0 Å². The fraction of sp³-hybridized carbons (Fsp3) is 0.875. The molecular formula is C8H15ClO2. The van der Waals surface area contributed by atoms with Gasteiger partial charge < -0.3 is 5.11 Å². The zero-order chi connectivity index (χ0) is 9.07. The Hall–Kier alpha value is -0.240. The van der Waals surface area contributed by atoms with Gasteiger partial charge in [-0.25, -0.2) is 0 Å². The van der Waals surface area contributed by atoms with Gasteiger partial charge in [0, 0.05) is 4.87 Å². The molecule has 0 aromatic rings. The Morgan fingerprint density at radius 2 is 2.18 bits per heavy atom. The molecule has 1 N–H and O–H groups in total. The molecule has 0 fully saturated rings. The molecule has 0 aromatic carbocycles. The second-order valence-electron chi connectivity index (χ2n) is 3.21. The van der Waals surface area contributed by atoms with Crippen LogP contribution in [0.5, 0.6) is 0 Å². The van der Waals surface area contributed by atoms with Crippen LogP contribution < -0.4 is 0 Å². The molecule has 0 rings (SSSR count). The SMILES string of the molecule is CCC(C)(Cl)CC(C)C(=O)O. The van der Waals surface area contributed by atoms with Gasteiger partial charge in [0.1, 0.15) is 0 Å². The molecule has 0 amide bonds. The number of carboxylic acid groups (broad SMARTS) is 1. The van der Waals surface area contributed by atoms with Crippen LogP contribution in [-0.2, 0) is 4.79 Å². The van der Waals surface area contributed by atoms with E-state index in [2.05, 4.69) is 0 Å². The highest BCUT2D eigenvalue weighted by Gasteiger charge is 2.24. The molecule has 0 aliphatic carbocycles. The zero-order valence-electron chi connectivity index (χ0n) is 7.22. The van der Waals surface area contributed by atoms with Crippen molar-refractivity contribution in [1.29, 1.82) is 0 Å². The molecule has 2 nitrogen and oxygen atoms in total. The van der Waals surface area contributed by atoms with Crippen LogP contribution in [0.25, 0.3) is 0 Å². The van der Waals surface area contributed by atoms with Gasteiger partial charge in [0.25, 0.3) is 0 Å². The van der Waals surface area contributed by atoms with Gasteiger partial charge in [0.2, 0.25) is 0 Å². The largest absolute Gasteiger partial charge is 0.481 e. The van der Waals surface area contributed by atoms with Gasteiger partial charge in [-0.1, -0.05) is 13.8 Å². The first-order valence-electron chi connectivity index (χ1n) is 3.81. The second kappa shape index (κ2) is 3.96. The van der Waals surface area contributed by atoms with E-state index in [9.17, 15) is 4.79 Å². The van der Waals surface area contributed by atoms with Crippen molar-refractivity contribution < 1.29 is 9.90 Å². The van der Waals surface area contributed by atoms with Crippen LogP contribution in [0.1, 0.15) is 33.6 Å². The van der Waals surface area contributed by atoms with Crippen molar-refractivity contribution in [2.45, 2.75) is 38.5 Å². The Kier molecular flexibility index (Phi) is 3.87. The van der Waals surface area contributed by atoms with Crippen molar-refractivity contribution >= 4 is 17.6 Å². The van der Waals surface area contributed by atoms with Crippen LogP contribution >= 0.6 is 11.6 Å². The van der Waals surface area contributed by atoms with E-state index in [4.69, 9.17) is 16.7 Å². The molecule has 0 saturated heterocycles. The Bertz CT molecular complexity index is 143. The van der Waals surface area contributed by atoms with Crippen LogP contribution in [0.3, 0.4) is 0 Å². The normalized spacial score (nSPS) is 18.9. The van der Waals surface area contributed by atoms with E-state index in [1.165, 1.54) is 0 Å². The zero-order valence-corrected chi connectivity index (χ0v) is 7.98. The van der Waals surface area contributed by atoms with E-state index in [0.717, 1.165) is 6.42 Å². The van der Waals surface area contributed by atoms with Crippen LogP contribution in [-0.4, -0.2) is 16.0 Å². The highest BCUT2D eigenvalue weighted by molar-refractivity contribution is 6.23. The smallest absolute Gasteiger partial charge is 0.306 e. The van der Waals surface area contributed by atoms with E-state index in [1.807, 2.05) is 13.8 Å². The van der Waals surface area contributed by atoms with E-state index in [1.54, 1.807) is 6.92 Å². The van der Waals surface area contributed by atoms with E-state index >= 15 is 0 Å². The fourth-order valence-electron chi connectivity index (χ4n) is 0.870. The molecule has 2 unspecified atom stereocenters. The number of hydrogen-bond acceptors (Lipinski definition) is 1. The lowest BCUT2D eigenvalue weighted by atomic mass is 9.95. The molecule has 0 bridgehead atoms. The number of carbonyl (C=O) groups is 1. The maximum absolute atomic E-state index is 10.4. The molecule has 3 heteroatoms. The summed E-state index contributed by atoms with van der Waals surface area (Å²) in [6.45, 7) is 5.51. The van der Waals surface area contributed by atoms with Crippen molar-refractivity contribution in [3.8, 4) is 0 Å². The van der Waals surface area contributed by atoms with Crippen LogP contribution in [0.15, 0.2) is 0 Å². The van der Waals surface area contributed by atoms with Crippen molar-refractivity contribution in [3.63, 3.8) is 0 Å². The summed E-state index contributed by atoms with van der Waals surface area (Å²) in [6.07, 6.45) is 1.33. The average Bonchev–Trinajstić information content (AvgIpc) is 1.87. The number of hydrogen-bond donors (Lipinski definition) is 1. The summed E-state index contributed by atoms with van der Waals surface area (Å²) in [7, 11) is 0. The summed E-state index contributed by atoms with van der Waals surface area (Å²) >= 11 is 6.00. The maximum atomic E-state index is 10.4. The number of carboxylic acids is 1. The Morgan fingerprint density at radius 1 is 1.73 bits per heavy atom. The summed E-state index contributed by atoms with van der Waals surface area (Å²) in [5.41, 5.74) is 0. The molecule has 2 atom stereocenters. The van der Waals surface area contributed by atoms with Gasteiger partial charge >= 0.3 is 5.97 Å². The molecular weight excluding hydrogens is 164 g/mol. The summed E-state index contributed by atoms with van der Waals surface area (Å²) in [5.74, 6) is -1.12. The Labute approximate surface area is 72.6 Å². The minimum atomic E-state index is -0.773. The third kappa shape index (κ3) is 4.25. The van der Waals surface area contributed by atoms with E-state index in [0.29, 0.717) is 6.42 Å². The molecule has 0 spiro atoms. The molecule has 0 radical (unpaired) electrons. The third-order valence-corrected chi connectivity index (χ3v) is 2.31. The standard InChI is InChI=1S/C8H15ClO2/c1-4-8(3,9)5-6(2)7(10)11/h6H,4-5H2,1-3H3,(H,10,11). The molecule has 66 valence electrons. The van der Waals surface area contributed by atoms with Gasteiger partial charge in [-0.15, -0.1) is 11.6 Å². The van der Waals surface area contributed by atoms with Gasteiger partial charge in [0.05, 0.1) is 5.92 Å². The first-order valence-corrected chi connectivity index (χ1v) is 4.18. The van der Waals surface area contributed by atoms with E-state index in [-0.39, 0.29) is 10.8 Å². The lowest BCUT2D eigenvalue weighted by Gasteiger charge is -2.21. The highest BCUT2D eigenvalue weighted by atomic mass is 35.5. The lowest BCUT2D eigenvalue weighted by Crippen LogP contribution is -2.23. The number of rotatable bonds is 4. The molecule has 0 heterocycles. The monoisotopic (exact) mass is 178 g/mol. The predicted molar refractivity (Wildman–Crippen MR) is 46.0 cm³/mol. The van der Waals surface area contributed by atoms with Crippen LogP contribution in [0.2, 0.25) is 0 Å². The fourth-order valence-corrected chi connectivity index (χ4v) is 1.10. The topological polar surface area (TPSA) is 37.3 Å². The van der Waals surface area contributed by atoms with Gasteiger partial charge in [0.15, 0.2) is 0 Å². The first kappa shape index (κ1) is 10.8. The van der Waals surface area contributed by atoms with Gasteiger partial charge in [-0.05, 0) is 19.8 Å². The molecule has 0 aliphatic rings. The summed E-state index contributed by atoms with van der Waals surface area (Å²) in [6, 6.07) is 0. The molecule has 0 saturated carbocycles. The van der Waals surface area contributed by atoms with Crippen LogP contribution in [0.4, 0.5) is 0 Å². The summed E-state index contributed by atoms with van der Waals surface area (Å²) < 4.78 is 0. The summed E-state index contributed by atoms with van der Waals surface area (Å²) in [5, 5.41) is 8.58. The highest BCUT2D eigenvalue weighted by Crippen LogP contribution is 2.27. The predicted octanol–water partition coefficient (Wildman–Crippen LogP) is 2.50. The molecule has 0 aliphatic heterocycles. The maximum Gasteiger partial charge on any atom is 0.306 e. The third-order valence-electron chi connectivity index (χ3n) is 1.89. The first-order chi connectivity index (χ1) is 4.89. The average molecular weight is 179 g/mol. The Morgan fingerprint density at radius 3 is 2.45 bits per heavy atom. The number of aliphatic carboxylic acids is 1. The molecule has 0 aromatic heterocycles. The molecule has 11 heavy (non-hydrogen) atoms. The second-order valence-corrected chi connectivity index (χ2v) is 4.12. The van der Waals surface area contributed by atoms with Crippen molar-refractivity contribution in [2.24, 2.45) is 5.92 Å².